The van der Waals surface area contributed by atoms with Crippen LogP contribution in [-0.4, -0.2) is 27.3 Å². The number of rotatable bonds is 5. The molecule has 1 aliphatic heterocycles. The molecule has 4 rings (SSSR count). The van der Waals surface area contributed by atoms with Crippen LogP contribution in [0.2, 0.25) is 0 Å². The molecule has 0 aliphatic carbocycles. The van der Waals surface area contributed by atoms with E-state index in [4.69, 9.17) is 4.98 Å². The molecule has 5 nitrogen and oxygen atoms in total. The van der Waals surface area contributed by atoms with Gasteiger partial charge in [-0.2, -0.15) is 0 Å². The first-order valence-corrected chi connectivity index (χ1v) is 11.2. The zero-order valence-electron chi connectivity index (χ0n) is 17.2. The lowest BCUT2D eigenvalue weighted by Gasteiger charge is -2.30. The molecule has 6 heteroatoms. The smallest absolute Gasteiger partial charge is 0.224 e. The largest absolute Gasteiger partial charge is 0.304 e. The SMILES string of the molecule is C=CCCc1ccc(C2Cc3nc(SC)nnc3-c3ccccc3N2C(C)=O)cc1. The van der Waals surface area contributed by atoms with Gasteiger partial charge in [-0.1, -0.05) is 60.3 Å². The summed E-state index contributed by atoms with van der Waals surface area (Å²) in [5, 5.41) is 9.37. The Morgan fingerprint density at radius 3 is 2.67 bits per heavy atom. The lowest BCUT2D eigenvalue weighted by Crippen LogP contribution is -2.34. The van der Waals surface area contributed by atoms with Gasteiger partial charge < -0.3 is 4.90 Å². The van der Waals surface area contributed by atoms with Crippen LogP contribution in [0.1, 0.15) is 36.2 Å². The zero-order valence-corrected chi connectivity index (χ0v) is 18.0. The molecule has 0 spiro atoms. The van der Waals surface area contributed by atoms with Crippen LogP contribution in [0.4, 0.5) is 5.69 Å². The third-order valence-electron chi connectivity index (χ3n) is 5.38. The number of para-hydroxylation sites is 1. The Morgan fingerprint density at radius 2 is 1.97 bits per heavy atom. The Labute approximate surface area is 181 Å². The van der Waals surface area contributed by atoms with Crippen LogP contribution in [0.15, 0.2) is 66.3 Å². The van der Waals surface area contributed by atoms with E-state index in [0.717, 1.165) is 41.0 Å². The summed E-state index contributed by atoms with van der Waals surface area (Å²) in [4.78, 5) is 19.5. The second-order valence-corrected chi connectivity index (χ2v) is 8.06. The Bertz CT molecular complexity index is 1080. The number of aromatic nitrogens is 3. The van der Waals surface area contributed by atoms with E-state index in [-0.39, 0.29) is 11.9 Å². The van der Waals surface area contributed by atoms with Crippen molar-refractivity contribution < 1.29 is 4.79 Å². The van der Waals surface area contributed by atoms with Crippen LogP contribution in [0.5, 0.6) is 0 Å². The second kappa shape index (κ2) is 8.79. The monoisotopic (exact) mass is 416 g/mol. The average molecular weight is 417 g/mol. The molecule has 0 saturated carbocycles. The zero-order chi connectivity index (χ0) is 21.1. The molecule has 1 amide bonds. The lowest BCUT2D eigenvalue weighted by molar-refractivity contribution is -0.117. The molecule has 30 heavy (non-hydrogen) atoms. The Hall–Kier alpha value is -2.99. The minimum atomic E-state index is -0.162. The van der Waals surface area contributed by atoms with Crippen molar-refractivity contribution in [3.05, 3.63) is 78.0 Å². The number of anilines is 1. The normalized spacial score (nSPS) is 15.1. The number of fused-ring (bicyclic) bond motifs is 3. The minimum Gasteiger partial charge on any atom is -0.304 e. The molecule has 3 aromatic rings. The standard InChI is InChI=1S/C24H24N4OS/c1-4-5-8-17-11-13-18(14-12-17)22-15-20-23(26-27-24(25-20)30-3)19-9-6-7-10-21(19)28(22)16(2)29/h4,6-7,9-14,22H,1,5,8,15H2,2-3H3. The van der Waals surface area contributed by atoms with Gasteiger partial charge in [-0.05, 0) is 36.3 Å². The summed E-state index contributed by atoms with van der Waals surface area (Å²) < 4.78 is 0. The van der Waals surface area contributed by atoms with Crippen LogP contribution >= 0.6 is 11.8 Å². The first kappa shape index (κ1) is 20.3. The number of amides is 1. The predicted molar refractivity (Wildman–Crippen MR) is 122 cm³/mol. The highest BCUT2D eigenvalue weighted by molar-refractivity contribution is 7.98. The second-order valence-electron chi connectivity index (χ2n) is 7.29. The molecule has 0 radical (unpaired) electrons. The van der Waals surface area contributed by atoms with Crippen LogP contribution in [-0.2, 0) is 17.6 Å². The van der Waals surface area contributed by atoms with Gasteiger partial charge >= 0.3 is 0 Å². The van der Waals surface area contributed by atoms with Gasteiger partial charge in [0.05, 0.1) is 17.4 Å². The fraction of sp³-hybridized carbons (Fsp3) is 0.250. The molecule has 1 atom stereocenters. The van der Waals surface area contributed by atoms with E-state index in [2.05, 4.69) is 41.0 Å². The summed E-state index contributed by atoms with van der Waals surface area (Å²) in [6, 6.07) is 16.2. The first-order valence-electron chi connectivity index (χ1n) is 9.99. The van der Waals surface area contributed by atoms with Crippen molar-refractivity contribution in [1.82, 2.24) is 15.2 Å². The van der Waals surface area contributed by atoms with E-state index in [1.165, 1.54) is 17.3 Å². The maximum atomic E-state index is 12.8. The molecular formula is C24H24N4OS. The number of carbonyl (C=O) groups is 1. The van der Waals surface area contributed by atoms with Crippen LogP contribution in [0, 0.1) is 0 Å². The van der Waals surface area contributed by atoms with Crippen molar-refractivity contribution in [2.75, 3.05) is 11.2 Å². The van der Waals surface area contributed by atoms with Gasteiger partial charge in [-0.15, -0.1) is 16.8 Å². The highest BCUT2D eigenvalue weighted by atomic mass is 32.2. The van der Waals surface area contributed by atoms with E-state index in [0.29, 0.717) is 11.6 Å². The fourth-order valence-corrected chi connectivity index (χ4v) is 4.26. The van der Waals surface area contributed by atoms with Gasteiger partial charge in [-0.3, -0.25) is 4.79 Å². The van der Waals surface area contributed by atoms with E-state index in [1.807, 2.05) is 41.5 Å². The van der Waals surface area contributed by atoms with Crippen molar-refractivity contribution in [3.63, 3.8) is 0 Å². The molecule has 0 saturated heterocycles. The summed E-state index contributed by atoms with van der Waals surface area (Å²) in [7, 11) is 0. The summed E-state index contributed by atoms with van der Waals surface area (Å²) in [5.41, 5.74) is 5.69. The van der Waals surface area contributed by atoms with Crippen molar-refractivity contribution in [1.29, 1.82) is 0 Å². The number of hydrogen-bond donors (Lipinski definition) is 0. The van der Waals surface area contributed by atoms with Crippen molar-refractivity contribution in [2.24, 2.45) is 0 Å². The number of thioether (sulfide) groups is 1. The van der Waals surface area contributed by atoms with E-state index < -0.39 is 0 Å². The molecule has 2 aromatic carbocycles. The Balaban J connectivity index is 1.85. The van der Waals surface area contributed by atoms with Gasteiger partial charge in [0.15, 0.2) is 0 Å². The van der Waals surface area contributed by atoms with Crippen molar-refractivity contribution in [3.8, 4) is 11.3 Å². The van der Waals surface area contributed by atoms with Crippen molar-refractivity contribution in [2.45, 2.75) is 37.4 Å². The fourth-order valence-electron chi connectivity index (χ4n) is 3.94. The summed E-state index contributed by atoms with van der Waals surface area (Å²) in [6.45, 7) is 5.42. The van der Waals surface area contributed by atoms with E-state index in [9.17, 15) is 4.79 Å². The third-order valence-corrected chi connectivity index (χ3v) is 5.92. The highest BCUT2D eigenvalue weighted by Gasteiger charge is 2.32. The minimum absolute atomic E-state index is 0.00552. The van der Waals surface area contributed by atoms with Crippen LogP contribution in [0.3, 0.4) is 0 Å². The summed E-state index contributed by atoms with van der Waals surface area (Å²) in [5.74, 6) is -0.00552. The van der Waals surface area contributed by atoms with Gasteiger partial charge in [0.1, 0.15) is 5.69 Å². The third kappa shape index (κ3) is 3.87. The summed E-state index contributed by atoms with van der Waals surface area (Å²) >= 11 is 1.47. The average Bonchev–Trinajstić information content (AvgIpc) is 2.92. The molecule has 1 aromatic heterocycles. The molecule has 1 aliphatic rings. The quantitative estimate of drug-likeness (QED) is 0.431. The topological polar surface area (TPSA) is 59.0 Å². The highest BCUT2D eigenvalue weighted by Crippen LogP contribution is 2.41. The Morgan fingerprint density at radius 1 is 1.20 bits per heavy atom. The maximum Gasteiger partial charge on any atom is 0.224 e. The molecule has 0 bridgehead atoms. The van der Waals surface area contributed by atoms with Crippen LogP contribution in [0.25, 0.3) is 11.3 Å². The molecule has 0 fully saturated rings. The van der Waals surface area contributed by atoms with Crippen molar-refractivity contribution >= 4 is 23.4 Å². The van der Waals surface area contributed by atoms with Gasteiger partial charge in [0.25, 0.3) is 0 Å². The number of allylic oxidation sites excluding steroid dienone is 1. The Kier molecular flexibility index (Phi) is 5.95. The number of hydrogen-bond acceptors (Lipinski definition) is 5. The molecular weight excluding hydrogens is 392 g/mol. The number of aryl methyl sites for hydroxylation is 1. The predicted octanol–water partition coefficient (Wildman–Crippen LogP) is 5.03. The van der Waals surface area contributed by atoms with E-state index >= 15 is 0 Å². The lowest BCUT2D eigenvalue weighted by atomic mass is 9.98. The number of carbonyl (C=O) groups excluding carboxylic acids is 1. The molecule has 152 valence electrons. The number of benzene rings is 2. The molecule has 0 N–H and O–H groups in total. The number of nitrogens with zero attached hydrogens (tertiary/aromatic N) is 4. The maximum absolute atomic E-state index is 12.8. The molecule has 1 unspecified atom stereocenters. The van der Waals surface area contributed by atoms with E-state index in [1.54, 1.807) is 6.92 Å². The first-order chi connectivity index (χ1) is 14.6. The van der Waals surface area contributed by atoms with Gasteiger partial charge in [0, 0.05) is 18.9 Å². The van der Waals surface area contributed by atoms with Gasteiger partial charge in [0.2, 0.25) is 11.1 Å². The van der Waals surface area contributed by atoms with Crippen LogP contribution < -0.4 is 4.90 Å². The van der Waals surface area contributed by atoms with Gasteiger partial charge in [-0.25, -0.2) is 4.98 Å². The molecule has 2 heterocycles. The summed E-state index contributed by atoms with van der Waals surface area (Å²) in [6.07, 6.45) is 6.36.